The summed E-state index contributed by atoms with van der Waals surface area (Å²) in [4.78, 5) is 14.0. The predicted octanol–water partition coefficient (Wildman–Crippen LogP) is 2.20. The quantitative estimate of drug-likeness (QED) is 0.818. The molecule has 21 heavy (non-hydrogen) atoms. The van der Waals surface area contributed by atoms with Gasteiger partial charge in [-0.2, -0.15) is 0 Å². The average molecular weight is 294 g/mol. The van der Waals surface area contributed by atoms with Crippen molar-refractivity contribution < 1.29 is 13.9 Å². The highest BCUT2D eigenvalue weighted by Crippen LogP contribution is 2.14. The van der Waals surface area contributed by atoms with Crippen LogP contribution in [0, 0.1) is 5.82 Å². The molecule has 1 amide bonds. The second-order valence-corrected chi connectivity index (χ2v) is 5.38. The van der Waals surface area contributed by atoms with Crippen LogP contribution in [0.1, 0.15) is 25.7 Å². The van der Waals surface area contributed by atoms with Crippen LogP contribution in [-0.2, 0) is 4.79 Å². The highest BCUT2D eigenvalue weighted by molar-refractivity contribution is 5.76. The lowest BCUT2D eigenvalue weighted by molar-refractivity contribution is -0.132. The van der Waals surface area contributed by atoms with Crippen molar-refractivity contribution in [2.75, 3.05) is 26.7 Å². The van der Waals surface area contributed by atoms with Gasteiger partial charge in [-0.25, -0.2) is 4.39 Å². The van der Waals surface area contributed by atoms with Gasteiger partial charge in [0.25, 0.3) is 0 Å². The molecule has 1 atom stereocenters. The maximum absolute atomic E-state index is 13.0. The molecule has 5 heteroatoms. The Morgan fingerprint density at radius 2 is 2.38 bits per heavy atom. The fourth-order valence-electron chi connectivity index (χ4n) is 2.57. The highest BCUT2D eigenvalue weighted by atomic mass is 19.1. The van der Waals surface area contributed by atoms with Crippen LogP contribution in [0.15, 0.2) is 24.3 Å². The molecule has 1 aliphatic heterocycles. The van der Waals surface area contributed by atoms with E-state index in [0.29, 0.717) is 31.2 Å². The fourth-order valence-corrected chi connectivity index (χ4v) is 2.57. The van der Waals surface area contributed by atoms with Crippen LogP contribution < -0.4 is 10.1 Å². The number of amides is 1. The summed E-state index contributed by atoms with van der Waals surface area (Å²) in [5.41, 5.74) is 0. The molecule has 1 aromatic carbocycles. The number of ether oxygens (including phenoxy) is 1. The fraction of sp³-hybridized carbons (Fsp3) is 0.562. The highest BCUT2D eigenvalue weighted by Gasteiger charge is 2.21. The molecule has 116 valence electrons. The van der Waals surface area contributed by atoms with Crippen LogP contribution in [0.4, 0.5) is 4.39 Å². The van der Waals surface area contributed by atoms with Gasteiger partial charge in [-0.1, -0.05) is 6.07 Å². The van der Waals surface area contributed by atoms with E-state index in [2.05, 4.69) is 5.32 Å². The third-order valence-electron chi connectivity index (χ3n) is 3.78. The maximum Gasteiger partial charge on any atom is 0.222 e. The molecule has 0 spiro atoms. The van der Waals surface area contributed by atoms with Gasteiger partial charge >= 0.3 is 0 Å². The summed E-state index contributed by atoms with van der Waals surface area (Å²) >= 11 is 0. The number of likely N-dealkylation sites (N-methyl/N-ethyl adjacent to an activating group) is 1. The van der Waals surface area contributed by atoms with Crippen molar-refractivity contribution in [1.82, 2.24) is 10.2 Å². The first kappa shape index (κ1) is 15.8. The molecule has 0 aromatic heterocycles. The Kier molecular flexibility index (Phi) is 5.99. The lowest BCUT2D eigenvalue weighted by atomic mass is 10.1. The Bertz CT molecular complexity index is 467. The van der Waals surface area contributed by atoms with Gasteiger partial charge in [0.2, 0.25) is 5.91 Å². The lowest BCUT2D eigenvalue weighted by Crippen LogP contribution is -2.46. The number of likely N-dealkylation sites (tertiary alicyclic amines) is 1. The van der Waals surface area contributed by atoms with Crippen LogP contribution in [-0.4, -0.2) is 43.6 Å². The molecule has 0 aliphatic carbocycles. The third-order valence-corrected chi connectivity index (χ3v) is 3.78. The zero-order valence-corrected chi connectivity index (χ0v) is 12.5. The van der Waals surface area contributed by atoms with Crippen LogP contribution in [0.2, 0.25) is 0 Å². The molecule has 1 N–H and O–H groups in total. The third kappa shape index (κ3) is 5.01. The summed E-state index contributed by atoms with van der Waals surface area (Å²) in [6, 6.07) is 6.47. The molecule has 0 bridgehead atoms. The van der Waals surface area contributed by atoms with E-state index in [1.54, 1.807) is 12.1 Å². The minimum Gasteiger partial charge on any atom is -0.493 e. The number of hydrogen-bond donors (Lipinski definition) is 1. The number of carbonyl (C=O) groups excluding carboxylic acids is 1. The van der Waals surface area contributed by atoms with Crippen molar-refractivity contribution in [3.8, 4) is 5.75 Å². The van der Waals surface area contributed by atoms with Gasteiger partial charge < -0.3 is 15.0 Å². The number of halogens is 1. The monoisotopic (exact) mass is 294 g/mol. The van der Waals surface area contributed by atoms with Gasteiger partial charge in [0, 0.05) is 31.6 Å². The molecule has 1 fully saturated rings. The van der Waals surface area contributed by atoms with Crippen molar-refractivity contribution in [3.05, 3.63) is 30.1 Å². The summed E-state index contributed by atoms with van der Waals surface area (Å²) in [7, 11) is 1.94. The standard InChI is InChI=1S/C16H23FN2O2/c1-18-14-6-3-9-19(12-14)16(20)8-4-10-21-15-7-2-5-13(17)11-15/h2,5,7,11,14,18H,3-4,6,8-10,12H2,1H3. The first-order valence-corrected chi connectivity index (χ1v) is 7.52. The van der Waals surface area contributed by atoms with E-state index in [1.807, 2.05) is 11.9 Å². The number of piperidine rings is 1. The lowest BCUT2D eigenvalue weighted by Gasteiger charge is -2.32. The summed E-state index contributed by atoms with van der Waals surface area (Å²) in [6.07, 6.45) is 3.31. The number of nitrogens with one attached hydrogen (secondary N) is 1. The van der Waals surface area contributed by atoms with Crippen LogP contribution >= 0.6 is 0 Å². The second kappa shape index (κ2) is 7.98. The van der Waals surface area contributed by atoms with Crippen LogP contribution in [0.25, 0.3) is 0 Å². The Morgan fingerprint density at radius 3 is 3.14 bits per heavy atom. The average Bonchev–Trinajstić information content (AvgIpc) is 2.51. The van der Waals surface area contributed by atoms with E-state index in [-0.39, 0.29) is 11.7 Å². The maximum atomic E-state index is 13.0. The van der Waals surface area contributed by atoms with Gasteiger partial charge in [-0.15, -0.1) is 0 Å². The van der Waals surface area contributed by atoms with Crippen molar-refractivity contribution in [1.29, 1.82) is 0 Å². The predicted molar refractivity (Wildman–Crippen MR) is 79.8 cm³/mol. The summed E-state index contributed by atoms with van der Waals surface area (Å²) in [6.45, 7) is 2.07. The summed E-state index contributed by atoms with van der Waals surface area (Å²) in [5, 5.41) is 3.23. The SMILES string of the molecule is CNC1CCCN(C(=O)CCCOc2cccc(F)c2)C1. The summed E-state index contributed by atoms with van der Waals surface area (Å²) < 4.78 is 18.4. The Balaban J connectivity index is 1.67. The molecule has 1 saturated heterocycles. The molecule has 1 aliphatic rings. The Hall–Kier alpha value is -1.62. The molecule has 2 rings (SSSR count). The number of nitrogens with zero attached hydrogens (tertiary/aromatic N) is 1. The molecular formula is C16H23FN2O2. The van der Waals surface area contributed by atoms with Crippen molar-refractivity contribution >= 4 is 5.91 Å². The molecule has 1 aromatic rings. The molecule has 4 nitrogen and oxygen atoms in total. The normalized spacial score (nSPS) is 18.6. The Labute approximate surface area is 125 Å². The van der Waals surface area contributed by atoms with Crippen molar-refractivity contribution in [3.63, 3.8) is 0 Å². The van der Waals surface area contributed by atoms with Gasteiger partial charge in [0.15, 0.2) is 0 Å². The zero-order valence-electron chi connectivity index (χ0n) is 12.5. The van der Waals surface area contributed by atoms with Crippen LogP contribution in [0.3, 0.4) is 0 Å². The van der Waals surface area contributed by atoms with Gasteiger partial charge in [0.05, 0.1) is 6.61 Å². The molecule has 0 radical (unpaired) electrons. The molecular weight excluding hydrogens is 271 g/mol. The van der Waals surface area contributed by atoms with Crippen LogP contribution in [0.5, 0.6) is 5.75 Å². The summed E-state index contributed by atoms with van der Waals surface area (Å²) in [5.74, 6) is 0.378. The zero-order chi connectivity index (χ0) is 15.1. The number of rotatable bonds is 6. The first-order chi connectivity index (χ1) is 10.2. The van der Waals surface area contributed by atoms with Crippen molar-refractivity contribution in [2.24, 2.45) is 0 Å². The molecule has 0 saturated carbocycles. The smallest absolute Gasteiger partial charge is 0.222 e. The largest absolute Gasteiger partial charge is 0.493 e. The van der Waals surface area contributed by atoms with E-state index >= 15 is 0 Å². The number of carbonyl (C=O) groups is 1. The van der Waals surface area contributed by atoms with Gasteiger partial charge in [0.1, 0.15) is 11.6 Å². The first-order valence-electron chi connectivity index (χ1n) is 7.52. The second-order valence-electron chi connectivity index (χ2n) is 5.38. The number of hydrogen-bond acceptors (Lipinski definition) is 3. The van der Waals surface area contributed by atoms with Gasteiger partial charge in [-0.05, 0) is 38.4 Å². The minimum atomic E-state index is -0.310. The molecule has 1 unspecified atom stereocenters. The van der Waals surface area contributed by atoms with E-state index in [4.69, 9.17) is 4.74 Å². The Morgan fingerprint density at radius 1 is 1.52 bits per heavy atom. The van der Waals surface area contributed by atoms with E-state index in [9.17, 15) is 9.18 Å². The van der Waals surface area contributed by atoms with E-state index in [0.717, 1.165) is 25.9 Å². The molecule has 1 heterocycles. The minimum absolute atomic E-state index is 0.179. The van der Waals surface area contributed by atoms with Gasteiger partial charge in [-0.3, -0.25) is 4.79 Å². The number of benzene rings is 1. The van der Waals surface area contributed by atoms with Crippen molar-refractivity contribution in [2.45, 2.75) is 31.7 Å². The van der Waals surface area contributed by atoms with E-state index < -0.39 is 0 Å². The topological polar surface area (TPSA) is 41.6 Å². The van der Waals surface area contributed by atoms with E-state index in [1.165, 1.54) is 12.1 Å².